The number of nitrogens with one attached hydrogen (secondary N) is 1. The monoisotopic (exact) mass is 339 g/mol. The summed E-state index contributed by atoms with van der Waals surface area (Å²) in [5.74, 6) is 1.34. The summed E-state index contributed by atoms with van der Waals surface area (Å²) in [6.45, 7) is 7.46. The van der Waals surface area contributed by atoms with Gasteiger partial charge in [0, 0.05) is 5.56 Å². The first-order valence-corrected chi connectivity index (χ1v) is 8.18. The number of carbonyl (C=O) groups excluding carboxylic acids is 1. The van der Waals surface area contributed by atoms with Gasteiger partial charge in [-0.1, -0.05) is 12.1 Å². The minimum atomic E-state index is -0.248. The zero-order valence-corrected chi connectivity index (χ0v) is 14.8. The first kappa shape index (κ1) is 17.0. The highest BCUT2D eigenvalue weighted by atomic mass is 16.3. The average molecular weight is 339 g/mol. The quantitative estimate of drug-likeness (QED) is 0.793. The standard InChI is InChI=1S/C19H21N3O3/c1-11-6-5-7-15-18(11)20-10-22(19(15)24)9-17(23)21-13(3)16-8-12(2)25-14(16)4/h5-8,10,13H,9H2,1-4H3,(H,21,23). The summed E-state index contributed by atoms with van der Waals surface area (Å²) in [4.78, 5) is 29.2. The summed E-state index contributed by atoms with van der Waals surface area (Å²) < 4.78 is 6.83. The van der Waals surface area contributed by atoms with Crippen LogP contribution >= 0.6 is 0 Å². The molecule has 25 heavy (non-hydrogen) atoms. The van der Waals surface area contributed by atoms with Crippen LogP contribution in [0.3, 0.4) is 0 Å². The van der Waals surface area contributed by atoms with Gasteiger partial charge in [0.05, 0.1) is 23.3 Å². The number of para-hydroxylation sites is 1. The lowest BCUT2D eigenvalue weighted by Crippen LogP contribution is -2.34. The van der Waals surface area contributed by atoms with Crippen LogP contribution in [0.4, 0.5) is 0 Å². The normalized spacial score (nSPS) is 12.3. The first-order valence-electron chi connectivity index (χ1n) is 8.18. The van der Waals surface area contributed by atoms with E-state index in [1.807, 2.05) is 45.9 Å². The summed E-state index contributed by atoms with van der Waals surface area (Å²) >= 11 is 0. The van der Waals surface area contributed by atoms with Crippen molar-refractivity contribution in [2.24, 2.45) is 0 Å². The summed E-state index contributed by atoms with van der Waals surface area (Å²) in [6, 6.07) is 7.16. The molecule has 1 N–H and O–H groups in total. The van der Waals surface area contributed by atoms with Crippen LogP contribution in [0.2, 0.25) is 0 Å². The smallest absolute Gasteiger partial charge is 0.261 e. The van der Waals surface area contributed by atoms with Crippen LogP contribution in [0.25, 0.3) is 10.9 Å². The fourth-order valence-electron chi connectivity index (χ4n) is 3.05. The number of rotatable bonds is 4. The number of nitrogens with zero attached hydrogens (tertiary/aromatic N) is 2. The van der Waals surface area contributed by atoms with Crippen molar-refractivity contribution in [2.45, 2.75) is 40.3 Å². The number of benzene rings is 1. The van der Waals surface area contributed by atoms with Gasteiger partial charge in [0.25, 0.3) is 5.56 Å². The van der Waals surface area contributed by atoms with Crippen molar-refractivity contribution < 1.29 is 9.21 Å². The Morgan fingerprint density at radius 1 is 1.32 bits per heavy atom. The Morgan fingerprint density at radius 2 is 2.08 bits per heavy atom. The summed E-state index contributed by atoms with van der Waals surface area (Å²) in [6.07, 6.45) is 1.43. The van der Waals surface area contributed by atoms with E-state index in [1.165, 1.54) is 10.9 Å². The minimum absolute atomic E-state index is 0.0735. The van der Waals surface area contributed by atoms with Crippen LogP contribution in [-0.2, 0) is 11.3 Å². The Hall–Kier alpha value is -2.89. The molecule has 130 valence electrons. The molecule has 3 aromatic rings. The highest BCUT2D eigenvalue weighted by Gasteiger charge is 2.16. The zero-order chi connectivity index (χ0) is 18.1. The van der Waals surface area contributed by atoms with Gasteiger partial charge in [-0.3, -0.25) is 14.2 Å². The minimum Gasteiger partial charge on any atom is -0.466 e. The second kappa shape index (κ2) is 6.55. The molecule has 0 saturated heterocycles. The second-order valence-electron chi connectivity index (χ2n) is 6.31. The Balaban J connectivity index is 1.79. The SMILES string of the molecule is Cc1cc(C(C)NC(=O)Cn2cnc3c(C)cccc3c2=O)c(C)o1. The third-order valence-electron chi connectivity index (χ3n) is 4.29. The topological polar surface area (TPSA) is 77.1 Å². The second-order valence-corrected chi connectivity index (χ2v) is 6.31. The largest absolute Gasteiger partial charge is 0.466 e. The van der Waals surface area contributed by atoms with Crippen molar-refractivity contribution in [2.75, 3.05) is 0 Å². The third-order valence-corrected chi connectivity index (χ3v) is 4.29. The molecule has 6 heteroatoms. The predicted octanol–water partition coefficient (Wildman–Crippen LogP) is 2.79. The maximum absolute atomic E-state index is 12.6. The van der Waals surface area contributed by atoms with Gasteiger partial charge < -0.3 is 9.73 Å². The van der Waals surface area contributed by atoms with E-state index < -0.39 is 0 Å². The average Bonchev–Trinajstić information content (AvgIpc) is 2.89. The van der Waals surface area contributed by atoms with E-state index in [1.54, 1.807) is 6.07 Å². The van der Waals surface area contributed by atoms with E-state index >= 15 is 0 Å². The van der Waals surface area contributed by atoms with E-state index in [0.29, 0.717) is 10.9 Å². The molecule has 1 atom stereocenters. The van der Waals surface area contributed by atoms with E-state index in [2.05, 4.69) is 10.3 Å². The van der Waals surface area contributed by atoms with Crippen molar-refractivity contribution in [3.63, 3.8) is 0 Å². The zero-order valence-electron chi connectivity index (χ0n) is 14.8. The van der Waals surface area contributed by atoms with Crippen molar-refractivity contribution in [1.82, 2.24) is 14.9 Å². The molecule has 0 fully saturated rings. The highest BCUT2D eigenvalue weighted by molar-refractivity contribution is 5.81. The lowest BCUT2D eigenvalue weighted by molar-refractivity contribution is -0.122. The molecule has 0 aliphatic carbocycles. The summed E-state index contributed by atoms with van der Waals surface area (Å²) in [5, 5.41) is 3.42. The number of hydrogen-bond acceptors (Lipinski definition) is 4. The highest BCUT2D eigenvalue weighted by Crippen LogP contribution is 2.21. The molecule has 1 aromatic carbocycles. The molecule has 0 aliphatic heterocycles. The number of aryl methyl sites for hydroxylation is 3. The molecule has 1 amide bonds. The van der Waals surface area contributed by atoms with Gasteiger partial charge >= 0.3 is 0 Å². The van der Waals surface area contributed by atoms with Crippen molar-refractivity contribution in [3.8, 4) is 0 Å². The number of aromatic nitrogens is 2. The van der Waals surface area contributed by atoms with Gasteiger partial charge in [0.1, 0.15) is 18.1 Å². The van der Waals surface area contributed by atoms with Crippen molar-refractivity contribution in [1.29, 1.82) is 0 Å². The Bertz CT molecular complexity index is 1000. The fourth-order valence-corrected chi connectivity index (χ4v) is 3.05. The number of furan rings is 1. The molecular weight excluding hydrogens is 318 g/mol. The van der Waals surface area contributed by atoms with Crippen LogP contribution in [0.5, 0.6) is 0 Å². The number of hydrogen-bond donors (Lipinski definition) is 1. The maximum Gasteiger partial charge on any atom is 0.261 e. The summed E-state index contributed by atoms with van der Waals surface area (Å²) in [7, 11) is 0. The molecule has 0 bridgehead atoms. The summed E-state index contributed by atoms with van der Waals surface area (Å²) in [5.41, 5.74) is 2.32. The molecule has 6 nitrogen and oxygen atoms in total. The molecule has 0 spiro atoms. The van der Waals surface area contributed by atoms with E-state index in [4.69, 9.17) is 4.42 Å². The Labute approximate surface area is 145 Å². The lowest BCUT2D eigenvalue weighted by atomic mass is 10.1. The molecule has 0 saturated carbocycles. The Kier molecular flexibility index (Phi) is 4.44. The van der Waals surface area contributed by atoms with Crippen LogP contribution in [0.1, 0.15) is 35.6 Å². The molecule has 1 unspecified atom stereocenters. The molecule has 3 rings (SSSR count). The number of carbonyl (C=O) groups is 1. The molecule has 0 radical (unpaired) electrons. The van der Waals surface area contributed by atoms with E-state index in [-0.39, 0.29) is 24.1 Å². The van der Waals surface area contributed by atoms with Crippen molar-refractivity contribution in [3.05, 3.63) is 63.6 Å². The van der Waals surface area contributed by atoms with Gasteiger partial charge in [-0.05, 0) is 45.4 Å². The molecular formula is C19H21N3O3. The Morgan fingerprint density at radius 3 is 2.76 bits per heavy atom. The number of fused-ring (bicyclic) bond motifs is 1. The van der Waals surface area contributed by atoms with E-state index in [0.717, 1.165) is 22.6 Å². The fraction of sp³-hybridized carbons (Fsp3) is 0.316. The molecule has 0 aliphatic rings. The van der Waals surface area contributed by atoms with Crippen LogP contribution in [0, 0.1) is 20.8 Å². The van der Waals surface area contributed by atoms with Gasteiger partial charge in [0.15, 0.2) is 0 Å². The molecule has 2 heterocycles. The third kappa shape index (κ3) is 3.33. The van der Waals surface area contributed by atoms with E-state index in [9.17, 15) is 9.59 Å². The van der Waals surface area contributed by atoms with Gasteiger partial charge in [-0.25, -0.2) is 4.98 Å². The lowest BCUT2D eigenvalue weighted by Gasteiger charge is -2.14. The molecule has 2 aromatic heterocycles. The van der Waals surface area contributed by atoms with Crippen LogP contribution in [-0.4, -0.2) is 15.5 Å². The van der Waals surface area contributed by atoms with Gasteiger partial charge in [-0.15, -0.1) is 0 Å². The van der Waals surface area contributed by atoms with Crippen LogP contribution in [0.15, 0.2) is 39.8 Å². The van der Waals surface area contributed by atoms with Crippen molar-refractivity contribution >= 4 is 16.8 Å². The van der Waals surface area contributed by atoms with Gasteiger partial charge in [0.2, 0.25) is 5.91 Å². The number of amides is 1. The maximum atomic E-state index is 12.6. The first-order chi connectivity index (χ1) is 11.9. The predicted molar refractivity (Wildman–Crippen MR) is 95.5 cm³/mol. The van der Waals surface area contributed by atoms with Crippen LogP contribution < -0.4 is 10.9 Å². The van der Waals surface area contributed by atoms with Gasteiger partial charge in [-0.2, -0.15) is 0 Å².